The molecule has 5 heteroatoms. The number of nitrogens with two attached hydrogens (primary N) is 1. The molecule has 4 fully saturated rings. The van der Waals surface area contributed by atoms with Gasteiger partial charge in [-0.3, -0.25) is 14.6 Å². The van der Waals surface area contributed by atoms with Crippen molar-refractivity contribution in [1.29, 1.82) is 0 Å². The molecule has 4 aliphatic rings. The molecule has 2 amide bonds. The summed E-state index contributed by atoms with van der Waals surface area (Å²) in [5, 5.41) is 3.28. The van der Waals surface area contributed by atoms with Crippen LogP contribution in [0, 0.1) is 23.2 Å². The fourth-order valence-corrected chi connectivity index (χ4v) is 6.32. The van der Waals surface area contributed by atoms with E-state index < -0.39 is 5.91 Å². The van der Waals surface area contributed by atoms with E-state index in [4.69, 9.17) is 5.73 Å². The molecule has 0 aromatic carbocycles. The number of aromatic nitrogens is 1. The molecular weight excluding hydrogens is 338 g/mol. The van der Waals surface area contributed by atoms with Gasteiger partial charge in [0, 0.05) is 35.3 Å². The van der Waals surface area contributed by atoms with Gasteiger partial charge in [0.25, 0.3) is 0 Å². The summed E-state index contributed by atoms with van der Waals surface area (Å²) in [5.74, 6) is 2.24. The second-order valence-electron chi connectivity index (χ2n) is 9.23. The van der Waals surface area contributed by atoms with Crippen LogP contribution >= 0.6 is 0 Å². The Morgan fingerprint density at radius 3 is 2.41 bits per heavy atom. The number of amides is 2. The van der Waals surface area contributed by atoms with Gasteiger partial charge in [0.05, 0.1) is 0 Å². The first-order valence-corrected chi connectivity index (χ1v) is 10.5. The second kappa shape index (κ2) is 7.25. The van der Waals surface area contributed by atoms with Gasteiger partial charge in [0.1, 0.15) is 0 Å². The number of hydrogen-bond acceptors (Lipinski definition) is 3. The maximum absolute atomic E-state index is 13.2. The molecule has 3 N–H and O–H groups in total. The minimum Gasteiger partial charge on any atom is -0.366 e. The van der Waals surface area contributed by atoms with Gasteiger partial charge < -0.3 is 11.1 Å². The van der Waals surface area contributed by atoms with E-state index in [0.717, 1.165) is 55.6 Å². The average Bonchev–Trinajstić information content (AvgIpc) is 2.64. The summed E-state index contributed by atoms with van der Waals surface area (Å²) >= 11 is 0. The Hall–Kier alpha value is -1.91. The molecule has 1 atom stereocenters. The largest absolute Gasteiger partial charge is 0.366 e. The van der Waals surface area contributed by atoms with Crippen molar-refractivity contribution < 1.29 is 9.59 Å². The van der Waals surface area contributed by atoms with Crippen LogP contribution in [0.15, 0.2) is 18.3 Å². The molecule has 1 aromatic rings. The number of carbonyl (C=O) groups excluding carboxylic acids is 2. The van der Waals surface area contributed by atoms with E-state index in [1.54, 1.807) is 18.3 Å². The van der Waals surface area contributed by atoms with E-state index in [-0.39, 0.29) is 17.2 Å². The molecule has 1 aromatic heterocycles. The van der Waals surface area contributed by atoms with Crippen LogP contribution in [-0.4, -0.2) is 23.3 Å². The number of hydrogen-bond donors (Lipinski definition) is 2. The monoisotopic (exact) mass is 369 g/mol. The molecule has 4 bridgehead atoms. The third-order valence-electron chi connectivity index (χ3n) is 7.15. The van der Waals surface area contributed by atoms with Crippen molar-refractivity contribution in [2.24, 2.45) is 28.9 Å². The quantitative estimate of drug-likeness (QED) is 0.772. The van der Waals surface area contributed by atoms with Crippen molar-refractivity contribution >= 4 is 11.8 Å². The topological polar surface area (TPSA) is 85.1 Å². The lowest BCUT2D eigenvalue weighted by Gasteiger charge is -2.55. The Bertz CT molecular complexity index is 695. The van der Waals surface area contributed by atoms with Crippen LogP contribution in [-0.2, 0) is 4.79 Å². The van der Waals surface area contributed by atoms with Crippen molar-refractivity contribution in [3.05, 3.63) is 29.6 Å². The van der Waals surface area contributed by atoms with Gasteiger partial charge >= 0.3 is 0 Å². The summed E-state index contributed by atoms with van der Waals surface area (Å²) in [5.41, 5.74) is 6.62. The zero-order valence-corrected chi connectivity index (χ0v) is 16.2. The van der Waals surface area contributed by atoms with Gasteiger partial charge in [0.2, 0.25) is 11.8 Å². The summed E-state index contributed by atoms with van der Waals surface area (Å²) in [6.07, 6.45) is 10.8. The lowest BCUT2D eigenvalue weighted by Crippen LogP contribution is -2.54. The SMILES string of the molecule is CCCC(CNC(=O)C12CC3CC(CC(C3)C1)C2)c1cc(C(N)=O)ccn1. The Kier molecular flexibility index (Phi) is 4.95. The average molecular weight is 370 g/mol. The first-order valence-electron chi connectivity index (χ1n) is 10.5. The summed E-state index contributed by atoms with van der Waals surface area (Å²) in [7, 11) is 0. The minimum absolute atomic E-state index is 0.117. The lowest BCUT2D eigenvalue weighted by molar-refractivity contribution is -0.146. The van der Waals surface area contributed by atoms with E-state index in [0.29, 0.717) is 12.1 Å². The van der Waals surface area contributed by atoms with Crippen LogP contribution in [0.25, 0.3) is 0 Å². The fourth-order valence-electron chi connectivity index (χ4n) is 6.32. The fraction of sp³-hybridized carbons (Fsp3) is 0.682. The van der Waals surface area contributed by atoms with Crippen LogP contribution in [0.1, 0.15) is 80.3 Å². The van der Waals surface area contributed by atoms with Crippen molar-refractivity contribution in [1.82, 2.24) is 10.3 Å². The summed E-state index contributed by atoms with van der Waals surface area (Å²) < 4.78 is 0. The Labute approximate surface area is 161 Å². The van der Waals surface area contributed by atoms with Gasteiger partial charge in [-0.05, 0) is 74.8 Å². The smallest absolute Gasteiger partial charge is 0.248 e. The van der Waals surface area contributed by atoms with Gasteiger partial charge in [-0.25, -0.2) is 0 Å². The van der Waals surface area contributed by atoms with E-state index in [2.05, 4.69) is 17.2 Å². The molecule has 0 radical (unpaired) electrons. The molecule has 1 unspecified atom stereocenters. The minimum atomic E-state index is -0.438. The van der Waals surface area contributed by atoms with E-state index in [9.17, 15) is 9.59 Å². The van der Waals surface area contributed by atoms with Crippen LogP contribution in [0.5, 0.6) is 0 Å². The molecule has 0 saturated heterocycles. The predicted octanol–water partition coefficient (Wildman–Crippen LogP) is 3.40. The van der Waals surface area contributed by atoms with Crippen LogP contribution < -0.4 is 11.1 Å². The van der Waals surface area contributed by atoms with Gasteiger partial charge in [-0.2, -0.15) is 0 Å². The van der Waals surface area contributed by atoms with Crippen LogP contribution in [0.4, 0.5) is 0 Å². The first-order chi connectivity index (χ1) is 13.0. The molecule has 0 spiro atoms. The molecule has 146 valence electrons. The highest BCUT2D eigenvalue weighted by Crippen LogP contribution is 2.60. The second-order valence-corrected chi connectivity index (χ2v) is 9.23. The molecule has 4 saturated carbocycles. The highest BCUT2D eigenvalue weighted by atomic mass is 16.2. The van der Waals surface area contributed by atoms with Gasteiger partial charge in [-0.1, -0.05) is 13.3 Å². The standard InChI is InChI=1S/C22H31N3O2/c1-2-3-18(19-9-17(20(23)26)4-5-24-19)13-25-21(27)22-10-14-6-15(11-22)8-16(7-14)12-22/h4-5,9,14-16,18H,2-3,6-8,10-13H2,1H3,(H2,23,26)(H,25,27). The molecule has 0 aliphatic heterocycles. The third kappa shape index (κ3) is 3.61. The van der Waals surface area contributed by atoms with E-state index in [1.807, 2.05) is 0 Å². The summed E-state index contributed by atoms with van der Waals surface area (Å²) in [6, 6.07) is 3.42. The lowest BCUT2D eigenvalue weighted by atomic mass is 9.49. The number of carbonyl (C=O) groups is 2. The van der Waals surface area contributed by atoms with E-state index >= 15 is 0 Å². The van der Waals surface area contributed by atoms with Crippen molar-refractivity contribution in [2.75, 3.05) is 6.54 Å². The molecule has 4 aliphatic carbocycles. The zero-order chi connectivity index (χ0) is 19.0. The van der Waals surface area contributed by atoms with Crippen LogP contribution in [0.2, 0.25) is 0 Å². The molecule has 1 heterocycles. The Morgan fingerprint density at radius 2 is 1.85 bits per heavy atom. The van der Waals surface area contributed by atoms with Gasteiger partial charge in [0.15, 0.2) is 0 Å². The molecule has 5 nitrogen and oxygen atoms in total. The highest BCUT2D eigenvalue weighted by Gasteiger charge is 2.54. The highest BCUT2D eigenvalue weighted by molar-refractivity contribution is 5.92. The van der Waals surface area contributed by atoms with Gasteiger partial charge in [-0.15, -0.1) is 0 Å². The summed E-state index contributed by atoms with van der Waals surface area (Å²) in [6.45, 7) is 2.72. The number of rotatable bonds is 7. The molecular formula is C22H31N3O2. The first kappa shape index (κ1) is 18.5. The maximum atomic E-state index is 13.2. The maximum Gasteiger partial charge on any atom is 0.248 e. The Balaban J connectivity index is 1.45. The third-order valence-corrected chi connectivity index (χ3v) is 7.15. The number of nitrogens with zero attached hydrogens (tertiary/aromatic N) is 1. The molecule has 27 heavy (non-hydrogen) atoms. The van der Waals surface area contributed by atoms with Crippen molar-refractivity contribution in [2.45, 2.75) is 64.2 Å². The van der Waals surface area contributed by atoms with Crippen molar-refractivity contribution in [3.63, 3.8) is 0 Å². The zero-order valence-electron chi connectivity index (χ0n) is 16.2. The molecule has 5 rings (SSSR count). The van der Waals surface area contributed by atoms with Crippen LogP contribution in [0.3, 0.4) is 0 Å². The number of nitrogens with one attached hydrogen (secondary N) is 1. The summed E-state index contributed by atoms with van der Waals surface area (Å²) in [4.78, 5) is 29.1. The number of pyridine rings is 1. The van der Waals surface area contributed by atoms with Crippen molar-refractivity contribution in [3.8, 4) is 0 Å². The predicted molar refractivity (Wildman–Crippen MR) is 104 cm³/mol. The number of primary amides is 1. The van der Waals surface area contributed by atoms with E-state index in [1.165, 1.54) is 19.3 Å². The normalized spacial score (nSPS) is 32.3. The Morgan fingerprint density at radius 1 is 1.22 bits per heavy atom.